The first-order chi connectivity index (χ1) is 8.42. The number of ether oxygens (including phenoxy) is 1. The molecule has 0 amide bonds. The molecule has 0 heterocycles. The molecule has 0 spiro atoms. The van der Waals surface area contributed by atoms with Crippen molar-refractivity contribution in [3.8, 4) is 0 Å². The van der Waals surface area contributed by atoms with Crippen LogP contribution in [0, 0.1) is 5.41 Å². The van der Waals surface area contributed by atoms with Crippen LogP contribution in [0.3, 0.4) is 0 Å². The van der Waals surface area contributed by atoms with E-state index in [1.165, 1.54) is 0 Å². The standard InChI is InChI=1S/C14H29N3O/c1-8-14(9-2)11(10-12(14)18-7)15-13(16(3)4)17(5)6/h11-12H,8-10H2,1-7H3. The molecule has 106 valence electrons. The van der Waals surface area contributed by atoms with E-state index in [-0.39, 0.29) is 5.41 Å². The molecule has 0 saturated heterocycles. The molecule has 0 aromatic carbocycles. The Morgan fingerprint density at radius 3 is 2.00 bits per heavy atom. The molecule has 18 heavy (non-hydrogen) atoms. The zero-order valence-corrected chi connectivity index (χ0v) is 13.0. The Hall–Kier alpha value is -0.770. The van der Waals surface area contributed by atoms with Gasteiger partial charge in [0, 0.05) is 40.7 Å². The van der Waals surface area contributed by atoms with E-state index in [0.29, 0.717) is 12.1 Å². The van der Waals surface area contributed by atoms with Crippen LogP contribution in [0.4, 0.5) is 0 Å². The fourth-order valence-corrected chi connectivity index (χ4v) is 3.19. The quantitative estimate of drug-likeness (QED) is 0.568. The third kappa shape index (κ3) is 2.48. The third-order valence-electron chi connectivity index (χ3n) is 4.41. The molecule has 1 aliphatic carbocycles. The van der Waals surface area contributed by atoms with Crippen molar-refractivity contribution in [2.24, 2.45) is 10.4 Å². The van der Waals surface area contributed by atoms with E-state index in [1.54, 1.807) is 0 Å². The Balaban J connectivity index is 2.93. The summed E-state index contributed by atoms with van der Waals surface area (Å²) >= 11 is 0. The maximum atomic E-state index is 5.62. The van der Waals surface area contributed by atoms with E-state index in [1.807, 2.05) is 35.3 Å². The summed E-state index contributed by atoms with van der Waals surface area (Å²) in [6, 6.07) is 0.386. The Kier molecular flexibility index (Phi) is 5.02. The molecule has 0 bridgehead atoms. The van der Waals surface area contributed by atoms with Gasteiger partial charge in [0.15, 0.2) is 5.96 Å². The van der Waals surface area contributed by atoms with E-state index in [2.05, 4.69) is 23.6 Å². The molecule has 0 N–H and O–H groups in total. The highest BCUT2D eigenvalue weighted by Crippen LogP contribution is 2.50. The van der Waals surface area contributed by atoms with Gasteiger partial charge in [0.1, 0.15) is 0 Å². The van der Waals surface area contributed by atoms with Crippen molar-refractivity contribution in [1.82, 2.24) is 9.80 Å². The molecule has 2 atom stereocenters. The summed E-state index contributed by atoms with van der Waals surface area (Å²) in [4.78, 5) is 9.12. The van der Waals surface area contributed by atoms with Crippen LogP contribution in [0.15, 0.2) is 4.99 Å². The number of hydrogen-bond donors (Lipinski definition) is 0. The normalized spacial score (nSPS) is 25.3. The Labute approximate surface area is 112 Å². The van der Waals surface area contributed by atoms with Gasteiger partial charge in [0.05, 0.1) is 12.1 Å². The van der Waals surface area contributed by atoms with Crippen molar-refractivity contribution >= 4 is 5.96 Å². The molecule has 4 heteroatoms. The van der Waals surface area contributed by atoms with Crippen molar-refractivity contribution in [1.29, 1.82) is 0 Å². The van der Waals surface area contributed by atoms with Gasteiger partial charge in [-0.05, 0) is 19.3 Å². The Morgan fingerprint density at radius 2 is 1.67 bits per heavy atom. The van der Waals surface area contributed by atoms with E-state index >= 15 is 0 Å². The van der Waals surface area contributed by atoms with Crippen LogP contribution in [-0.4, -0.2) is 63.2 Å². The lowest BCUT2D eigenvalue weighted by Gasteiger charge is -2.53. The van der Waals surface area contributed by atoms with Crippen LogP contribution in [0.5, 0.6) is 0 Å². The summed E-state index contributed by atoms with van der Waals surface area (Å²) in [6.45, 7) is 4.50. The fraction of sp³-hybridized carbons (Fsp3) is 0.929. The number of rotatable bonds is 4. The van der Waals surface area contributed by atoms with Gasteiger partial charge in [-0.25, -0.2) is 4.99 Å². The maximum absolute atomic E-state index is 5.62. The second-order valence-corrected chi connectivity index (χ2v) is 5.63. The highest BCUT2D eigenvalue weighted by Gasteiger charge is 2.53. The average molecular weight is 255 g/mol. The molecule has 0 radical (unpaired) electrons. The minimum Gasteiger partial charge on any atom is -0.381 e. The molecule has 0 aliphatic heterocycles. The largest absolute Gasteiger partial charge is 0.381 e. The maximum Gasteiger partial charge on any atom is 0.195 e. The van der Waals surface area contributed by atoms with Crippen molar-refractivity contribution in [2.45, 2.75) is 45.3 Å². The fourth-order valence-electron chi connectivity index (χ4n) is 3.19. The minimum absolute atomic E-state index is 0.228. The van der Waals surface area contributed by atoms with Crippen molar-refractivity contribution in [3.05, 3.63) is 0 Å². The molecular weight excluding hydrogens is 226 g/mol. The highest BCUT2D eigenvalue weighted by molar-refractivity contribution is 5.79. The van der Waals surface area contributed by atoms with E-state index in [9.17, 15) is 0 Å². The van der Waals surface area contributed by atoms with Gasteiger partial charge < -0.3 is 14.5 Å². The first kappa shape index (κ1) is 15.3. The minimum atomic E-state index is 0.228. The lowest BCUT2D eigenvalue weighted by atomic mass is 9.59. The topological polar surface area (TPSA) is 28.1 Å². The molecule has 1 fully saturated rings. The Morgan fingerprint density at radius 1 is 1.17 bits per heavy atom. The monoisotopic (exact) mass is 255 g/mol. The average Bonchev–Trinajstić information content (AvgIpc) is 2.29. The van der Waals surface area contributed by atoms with E-state index in [4.69, 9.17) is 9.73 Å². The highest BCUT2D eigenvalue weighted by atomic mass is 16.5. The van der Waals surface area contributed by atoms with E-state index < -0.39 is 0 Å². The number of methoxy groups -OCH3 is 1. The first-order valence-electron chi connectivity index (χ1n) is 6.88. The number of nitrogens with zero attached hydrogens (tertiary/aromatic N) is 3. The van der Waals surface area contributed by atoms with Crippen LogP contribution in [0.1, 0.15) is 33.1 Å². The summed E-state index contributed by atoms with van der Waals surface area (Å²) in [5, 5.41) is 0. The summed E-state index contributed by atoms with van der Waals surface area (Å²) in [5.41, 5.74) is 0.228. The smallest absolute Gasteiger partial charge is 0.195 e. The number of hydrogen-bond acceptors (Lipinski definition) is 2. The van der Waals surface area contributed by atoms with Crippen molar-refractivity contribution in [3.63, 3.8) is 0 Å². The summed E-state index contributed by atoms with van der Waals surface area (Å²) in [7, 11) is 10.0. The molecule has 0 aromatic heterocycles. The SMILES string of the molecule is CCC1(CC)C(N=C(N(C)C)N(C)C)CC1OC. The van der Waals surface area contributed by atoms with Crippen molar-refractivity contribution in [2.75, 3.05) is 35.3 Å². The van der Waals surface area contributed by atoms with Gasteiger partial charge in [-0.2, -0.15) is 0 Å². The third-order valence-corrected chi connectivity index (χ3v) is 4.41. The van der Waals surface area contributed by atoms with Crippen LogP contribution in [0.25, 0.3) is 0 Å². The van der Waals surface area contributed by atoms with Gasteiger partial charge in [-0.1, -0.05) is 13.8 Å². The van der Waals surface area contributed by atoms with Crippen LogP contribution in [-0.2, 0) is 4.74 Å². The van der Waals surface area contributed by atoms with Crippen LogP contribution >= 0.6 is 0 Å². The molecule has 0 aromatic rings. The van der Waals surface area contributed by atoms with Gasteiger partial charge in [0.2, 0.25) is 0 Å². The predicted molar refractivity (Wildman–Crippen MR) is 77.0 cm³/mol. The molecule has 1 rings (SSSR count). The summed E-state index contributed by atoms with van der Waals surface area (Å²) in [5.74, 6) is 1.04. The van der Waals surface area contributed by atoms with Gasteiger partial charge in [-0.15, -0.1) is 0 Å². The predicted octanol–water partition coefficient (Wildman–Crippen LogP) is 2.06. The lowest BCUT2D eigenvalue weighted by Crippen LogP contribution is -2.57. The van der Waals surface area contributed by atoms with Gasteiger partial charge >= 0.3 is 0 Å². The number of aliphatic imine (C=N–C) groups is 1. The van der Waals surface area contributed by atoms with Crippen molar-refractivity contribution < 1.29 is 4.74 Å². The molecule has 1 aliphatic rings. The van der Waals surface area contributed by atoms with Gasteiger partial charge in [0.25, 0.3) is 0 Å². The first-order valence-corrected chi connectivity index (χ1v) is 6.88. The zero-order valence-electron chi connectivity index (χ0n) is 13.0. The molecular formula is C14H29N3O. The van der Waals surface area contributed by atoms with E-state index in [0.717, 1.165) is 25.2 Å². The summed E-state index contributed by atoms with van der Waals surface area (Å²) < 4.78 is 5.62. The molecule has 2 unspecified atom stereocenters. The molecule has 4 nitrogen and oxygen atoms in total. The van der Waals surface area contributed by atoms with Crippen LogP contribution in [0.2, 0.25) is 0 Å². The second-order valence-electron chi connectivity index (χ2n) is 5.63. The van der Waals surface area contributed by atoms with Crippen LogP contribution < -0.4 is 0 Å². The summed E-state index contributed by atoms with van der Waals surface area (Å²) in [6.07, 6.45) is 3.67. The second kappa shape index (κ2) is 5.91. The molecule has 1 saturated carbocycles. The number of guanidine groups is 1. The Bertz CT molecular complexity index is 285. The lowest BCUT2D eigenvalue weighted by molar-refractivity contribution is -0.112. The zero-order chi connectivity index (χ0) is 13.9. The van der Waals surface area contributed by atoms with Gasteiger partial charge in [-0.3, -0.25) is 0 Å².